The third-order valence-electron chi connectivity index (χ3n) is 4.07. The van der Waals surface area contributed by atoms with Crippen molar-refractivity contribution in [1.82, 2.24) is 14.8 Å². The summed E-state index contributed by atoms with van der Waals surface area (Å²) in [6.07, 6.45) is 3.86. The molecule has 1 N–H and O–H groups in total. The van der Waals surface area contributed by atoms with Crippen LogP contribution in [0.15, 0.2) is 52.9 Å². The number of rotatable bonds is 7. The summed E-state index contributed by atoms with van der Waals surface area (Å²) in [7, 11) is 0. The smallest absolute Gasteiger partial charge is 0.338 e. The molecule has 0 amide bonds. The maximum atomic E-state index is 12.8. The van der Waals surface area contributed by atoms with Gasteiger partial charge < -0.3 is 14.8 Å². The van der Waals surface area contributed by atoms with E-state index in [-0.39, 0.29) is 6.61 Å². The highest BCUT2D eigenvalue weighted by Gasteiger charge is 2.36. The van der Waals surface area contributed by atoms with Gasteiger partial charge in [0.25, 0.3) is 0 Å². The van der Waals surface area contributed by atoms with Gasteiger partial charge >= 0.3 is 5.97 Å². The summed E-state index contributed by atoms with van der Waals surface area (Å²) >= 11 is 3.51. The van der Waals surface area contributed by atoms with E-state index in [0.717, 1.165) is 16.5 Å². The number of hydrogen-bond acceptors (Lipinski definition) is 6. The largest absolute Gasteiger partial charge is 0.493 e. The molecule has 0 saturated carbocycles. The van der Waals surface area contributed by atoms with Crippen molar-refractivity contribution in [3.8, 4) is 5.75 Å². The van der Waals surface area contributed by atoms with Gasteiger partial charge in [0, 0.05) is 15.7 Å². The molecule has 142 valence electrons. The number of ether oxygens (including phenoxy) is 2. The predicted octanol–water partition coefficient (Wildman–Crippen LogP) is 3.85. The summed E-state index contributed by atoms with van der Waals surface area (Å²) in [5.74, 6) is 0.807. The Kier molecular flexibility index (Phi) is 5.95. The maximum absolute atomic E-state index is 12.8. The Balaban J connectivity index is 2.14. The summed E-state index contributed by atoms with van der Waals surface area (Å²) in [5.41, 5.74) is 1.92. The quantitative estimate of drug-likeness (QED) is 0.528. The molecule has 27 heavy (non-hydrogen) atoms. The Morgan fingerprint density at radius 3 is 3.04 bits per heavy atom. The molecular formula is C19H21BrN4O3. The number of benzene rings is 1. The first-order valence-corrected chi connectivity index (χ1v) is 9.43. The van der Waals surface area contributed by atoms with Crippen molar-refractivity contribution in [2.24, 2.45) is 0 Å². The van der Waals surface area contributed by atoms with Gasteiger partial charge in [0.1, 0.15) is 24.7 Å². The van der Waals surface area contributed by atoms with Crippen molar-refractivity contribution in [3.63, 3.8) is 0 Å². The molecule has 7 nitrogen and oxygen atoms in total. The highest BCUT2D eigenvalue weighted by atomic mass is 79.9. The van der Waals surface area contributed by atoms with Crippen LogP contribution in [-0.2, 0) is 9.53 Å². The lowest BCUT2D eigenvalue weighted by atomic mass is 9.95. The summed E-state index contributed by atoms with van der Waals surface area (Å²) in [5, 5.41) is 7.44. The van der Waals surface area contributed by atoms with Crippen LogP contribution in [0, 0.1) is 0 Å². The number of anilines is 1. The summed E-state index contributed by atoms with van der Waals surface area (Å²) in [6.45, 7) is 8.16. The predicted molar refractivity (Wildman–Crippen MR) is 106 cm³/mol. The number of carbonyl (C=O) groups excluding carboxylic acids is 1. The molecule has 0 saturated heterocycles. The zero-order chi connectivity index (χ0) is 19.4. The number of halogens is 1. The van der Waals surface area contributed by atoms with Crippen LogP contribution in [0.25, 0.3) is 0 Å². The molecule has 0 aliphatic carbocycles. The zero-order valence-electron chi connectivity index (χ0n) is 15.2. The minimum atomic E-state index is -0.523. The monoisotopic (exact) mass is 432 g/mol. The van der Waals surface area contributed by atoms with Crippen molar-refractivity contribution in [2.75, 3.05) is 18.5 Å². The summed E-state index contributed by atoms with van der Waals surface area (Å²) < 4.78 is 13.8. The molecule has 1 aliphatic heterocycles. The van der Waals surface area contributed by atoms with Gasteiger partial charge in [-0.1, -0.05) is 35.5 Å². The van der Waals surface area contributed by atoms with Crippen LogP contribution in [0.2, 0.25) is 0 Å². The summed E-state index contributed by atoms with van der Waals surface area (Å²) in [6, 6.07) is 5.20. The first-order chi connectivity index (χ1) is 13.1. The molecule has 0 radical (unpaired) electrons. The number of nitrogens with zero attached hydrogens (tertiary/aromatic N) is 3. The number of aromatic nitrogens is 3. The van der Waals surface area contributed by atoms with Crippen LogP contribution in [0.4, 0.5) is 5.95 Å². The molecule has 3 rings (SSSR count). The molecule has 1 atom stereocenters. The van der Waals surface area contributed by atoms with Gasteiger partial charge in [-0.05, 0) is 31.5 Å². The van der Waals surface area contributed by atoms with E-state index in [9.17, 15) is 4.79 Å². The molecule has 0 fully saturated rings. The van der Waals surface area contributed by atoms with Gasteiger partial charge in [-0.25, -0.2) is 9.48 Å². The van der Waals surface area contributed by atoms with E-state index < -0.39 is 12.0 Å². The molecule has 2 aromatic rings. The lowest BCUT2D eigenvalue weighted by Gasteiger charge is -2.29. The van der Waals surface area contributed by atoms with E-state index in [1.807, 2.05) is 32.0 Å². The van der Waals surface area contributed by atoms with Gasteiger partial charge in [0.2, 0.25) is 5.95 Å². The minimum Gasteiger partial charge on any atom is -0.493 e. The molecular weight excluding hydrogens is 412 g/mol. The van der Waals surface area contributed by atoms with E-state index in [4.69, 9.17) is 9.47 Å². The normalized spacial score (nSPS) is 15.7. The maximum Gasteiger partial charge on any atom is 0.338 e. The van der Waals surface area contributed by atoms with E-state index >= 15 is 0 Å². The standard InChI is InChI=1S/C19H21BrN4O3/c1-4-8-26-15-7-6-13(20)10-14(15)17-16(18(25)27-9-5-2)12(3)23-19-21-11-22-24(17)19/h5-7,10-11,17H,2,4,8-9H2,1,3H3,(H,21,22,23). The van der Waals surface area contributed by atoms with Crippen LogP contribution in [0.1, 0.15) is 31.9 Å². The average molecular weight is 433 g/mol. The number of nitrogens with one attached hydrogen (secondary N) is 1. The third kappa shape index (κ3) is 3.90. The lowest BCUT2D eigenvalue weighted by molar-refractivity contribution is -0.138. The van der Waals surface area contributed by atoms with Crippen molar-refractivity contribution < 1.29 is 14.3 Å². The number of allylic oxidation sites excluding steroid dienone is 1. The number of fused-ring (bicyclic) bond motifs is 1. The fourth-order valence-electron chi connectivity index (χ4n) is 2.93. The first-order valence-electron chi connectivity index (χ1n) is 8.64. The van der Waals surface area contributed by atoms with Gasteiger partial charge in [-0.2, -0.15) is 10.1 Å². The van der Waals surface area contributed by atoms with Crippen LogP contribution < -0.4 is 10.1 Å². The Labute approximate surface area is 166 Å². The molecule has 1 aromatic heterocycles. The van der Waals surface area contributed by atoms with E-state index in [1.54, 1.807) is 4.68 Å². The molecule has 1 aromatic carbocycles. The van der Waals surface area contributed by atoms with Gasteiger partial charge in [-0.3, -0.25) is 0 Å². The SMILES string of the molecule is C=CCOC(=O)C1=C(C)Nc2ncnn2C1c1cc(Br)ccc1OCCC. The summed E-state index contributed by atoms with van der Waals surface area (Å²) in [4.78, 5) is 17.1. The van der Waals surface area contributed by atoms with Crippen LogP contribution in [0.3, 0.4) is 0 Å². The van der Waals surface area contributed by atoms with E-state index in [0.29, 0.717) is 29.6 Å². The van der Waals surface area contributed by atoms with E-state index in [2.05, 4.69) is 37.9 Å². The molecule has 0 spiro atoms. The van der Waals surface area contributed by atoms with Gasteiger partial charge in [-0.15, -0.1) is 0 Å². The zero-order valence-corrected chi connectivity index (χ0v) is 16.8. The molecule has 0 bridgehead atoms. The molecule has 2 heterocycles. The minimum absolute atomic E-state index is 0.129. The van der Waals surface area contributed by atoms with Crippen LogP contribution in [0.5, 0.6) is 5.75 Å². The second kappa shape index (κ2) is 8.39. The Hall–Kier alpha value is -2.61. The third-order valence-corrected chi connectivity index (χ3v) is 4.57. The topological polar surface area (TPSA) is 78.3 Å². The number of carbonyl (C=O) groups is 1. The second-order valence-corrected chi connectivity index (χ2v) is 6.93. The Morgan fingerprint density at radius 1 is 1.48 bits per heavy atom. The molecule has 1 unspecified atom stereocenters. The highest BCUT2D eigenvalue weighted by Crippen LogP contribution is 2.40. The second-order valence-electron chi connectivity index (χ2n) is 6.01. The number of hydrogen-bond donors (Lipinski definition) is 1. The van der Waals surface area contributed by atoms with Crippen molar-refractivity contribution in [1.29, 1.82) is 0 Å². The van der Waals surface area contributed by atoms with Crippen molar-refractivity contribution in [2.45, 2.75) is 26.3 Å². The van der Waals surface area contributed by atoms with Crippen LogP contribution in [-0.4, -0.2) is 33.9 Å². The van der Waals surface area contributed by atoms with Gasteiger partial charge in [0.05, 0.1) is 12.2 Å². The van der Waals surface area contributed by atoms with Gasteiger partial charge in [0.15, 0.2) is 0 Å². The van der Waals surface area contributed by atoms with Crippen molar-refractivity contribution in [3.05, 3.63) is 58.5 Å². The Bertz CT molecular complexity index is 891. The first kappa shape index (κ1) is 19.2. The molecule has 8 heteroatoms. The van der Waals surface area contributed by atoms with Crippen LogP contribution >= 0.6 is 15.9 Å². The average Bonchev–Trinajstić information content (AvgIpc) is 3.11. The van der Waals surface area contributed by atoms with E-state index in [1.165, 1.54) is 12.4 Å². The fraction of sp³-hybridized carbons (Fsp3) is 0.316. The fourth-order valence-corrected chi connectivity index (χ4v) is 3.31. The lowest BCUT2D eigenvalue weighted by Crippen LogP contribution is -2.30. The highest BCUT2D eigenvalue weighted by molar-refractivity contribution is 9.10. The molecule has 1 aliphatic rings. The van der Waals surface area contributed by atoms with Crippen molar-refractivity contribution >= 4 is 27.8 Å². The Morgan fingerprint density at radius 2 is 2.30 bits per heavy atom. The number of esters is 1.